The summed E-state index contributed by atoms with van der Waals surface area (Å²) in [5.41, 5.74) is 0.291. The molecule has 5 nitrogen and oxygen atoms in total. The average molecular weight is 388 g/mol. The van der Waals surface area contributed by atoms with Gasteiger partial charge in [0, 0.05) is 23.2 Å². The Labute approximate surface area is 138 Å². The molecule has 0 aliphatic carbocycles. The summed E-state index contributed by atoms with van der Waals surface area (Å²) < 4.78 is 13.8. The number of amides is 1. The number of rotatable bonds is 4. The molecule has 0 saturated heterocycles. The molecule has 8 heteroatoms. The lowest BCUT2D eigenvalue weighted by atomic mass is 10.1. The predicted octanol–water partition coefficient (Wildman–Crippen LogP) is 4.08. The molecule has 1 amide bonds. The minimum atomic E-state index is -0.615. The summed E-state index contributed by atoms with van der Waals surface area (Å²) in [6.07, 6.45) is 0. The normalized spacial score (nSPS) is 10.3. The minimum Gasteiger partial charge on any atom is -0.348 e. The van der Waals surface area contributed by atoms with Crippen molar-refractivity contribution in [1.29, 1.82) is 0 Å². The third-order valence-electron chi connectivity index (χ3n) is 2.85. The van der Waals surface area contributed by atoms with Gasteiger partial charge in [0.05, 0.1) is 15.5 Å². The Kier molecular flexibility index (Phi) is 5.10. The van der Waals surface area contributed by atoms with Crippen LogP contribution >= 0.6 is 27.5 Å². The molecule has 0 fully saturated rings. The van der Waals surface area contributed by atoms with Gasteiger partial charge >= 0.3 is 0 Å². The van der Waals surface area contributed by atoms with Gasteiger partial charge in [-0.15, -0.1) is 0 Å². The van der Waals surface area contributed by atoms with Crippen molar-refractivity contribution in [2.45, 2.75) is 6.54 Å². The topological polar surface area (TPSA) is 72.2 Å². The fraction of sp³-hybridized carbons (Fsp3) is 0.0714. The number of halogens is 3. The number of carbonyl (C=O) groups excluding carboxylic acids is 1. The van der Waals surface area contributed by atoms with Gasteiger partial charge in [-0.25, -0.2) is 4.39 Å². The highest BCUT2D eigenvalue weighted by Crippen LogP contribution is 2.22. The summed E-state index contributed by atoms with van der Waals surface area (Å²) in [5.74, 6) is -1.01. The van der Waals surface area contributed by atoms with Crippen LogP contribution < -0.4 is 5.32 Å². The van der Waals surface area contributed by atoms with Gasteiger partial charge < -0.3 is 5.32 Å². The molecule has 0 aliphatic heterocycles. The molecule has 0 aromatic heterocycles. The van der Waals surface area contributed by atoms with Crippen molar-refractivity contribution in [2.24, 2.45) is 0 Å². The minimum absolute atomic E-state index is 0.0107. The Morgan fingerprint density at radius 3 is 2.73 bits per heavy atom. The number of hydrogen-bond acceptors (Lipinski definition) is 3. The molecule has 22 heavy (non-hydrogen) atoms. The van der Waals surface area contributed by atoms with Gasteiger partial charge in [-0.1, -0.05) is 27.5 Å². The lowest BCUT2D eigenvalue weighted by molar-refractivity contribution is -0.384. The Balaban J connectivity index is 2.17. The van der Waals surface area contributed by atoms with Crippen molar-refractivity contribution in [3.8, 4) is 0 Å². The first-order valence-electron chi connectivity index (χ1n) is 6.04. The van der Waals surface area contributed by atoms with E-state index in [1.54, 1.807) is 0 Å². The van der Waals surface area contributed by atoms with Crippen molar-refractivity contribution in [3.63, 3.8) is 0 Å². The zero-order valence-electron chi connectivity index (χ0n) is 11.0. The second-order valence-corrected chi connectivity index (χ2v) is 5.60. The van der Waals surface area contributed by atoms with Gasteiger partial charge in [0.25, 0.3) is 11.6 Å². The Morgan fingerprint density at radius 2 is 2.05 bits per heavy atom. The highest BCUT2D eigenvalue weighted by atomic mass is 79.9. The number of hydrogen-bond donors (Lipinski definition) is 1. The van der Waals surface area contributed by atoms with Crippen LogP contribution in [0.15, 0.2) is 40.9 Å². The van der Waals surface area contributed by atoms with Crippen LogP contribution in [0.3, 0.4) is 0 Å². The van der Waals surface area contributed by atoms with Gasteiger partial charge in [-0.05, 0) is 29.8 Å². The van der Waals surface area contributed by atoms with Crippen molar-refractivity contribution >= 4 is 39.1 Å². The quantitative estimate of drug-likeness (QED) is 0.634. The number of nitrogens with zero attached hydrogens (tertiary/aromatic N) is 1. The van der Waals surface area contributed by atoms with E-state index in [0.717, 1.165) is 6.07 Å². The van der Waals surface area contributed by atoms with Gasteiger partial charge in [-0.3, -0.25) is 14.9 Å². The molecule has 0 radical (unpaired) electrons. The van der Waals surface area contributed by atoms with Gasteiger partial charge in [0.2, 0.25) is 0 Å². The van der Waals surface area contributed by atoms with Crippen molar-refractivity contribution in [3.05, 3.63) is 73.0 Å². The number of non-ortho nitro benzene ring substituents is 1. The third kappa shape index (κ3) is 3.80. The van der Waals surface area contributed by atoms with Gasteiger partial charge in [-0.2, -0.15) is 0 Å². The van der Waals surface area contributed by atoms with E-state index >= 15 is 0 Å². The Hall–Kier alpha value is -1.99. The van der Waals surface area contributed by atoms with Crippen LogP contribution in [0.4, 0.5) is 10.1 Å². The Morgan fingerprint density at radius 1 is 1.32 bits per heavy atom. The standard InChI is InChI=1S/C14H9BrClFN2O3/c15-12-3-1-9(17)5-8(12)7-18-14(20)11-6-10(19(21)22)2-4-13(11)16/h1-6H,7H2,(H,18,20). The fourth-order valence-electron chi connectivity index (χ4n) is 1.75. The summed E-state index contributed by atoms with van der Waals surface area (Å²) in [5, 5.41) is 13.4. The molecule has 2 rings (SSSR count). The fourth-order valence-corrected chi connectivity index (χ4v) is 2.34. The van der Waals surface area contributed by atoms with Crippen molar-refractivity contribution < 1.29 is 14.1 Å². The number of nitro benzene ring substituents is 1. The molecule has 2 aromatic rings. The molecule has 0 unspecified atom stereocenters. The number of nitrogens with one attached hydrogen (secondary N) is 1. The van der Waals surface area contributed by atoms with Crippen LogP contribution in [0.25, 0.3) is 0 Å². The first-order valence-corrected chi connectivity index (χ1v) is 7.21. The van der Waals surface area contributed by atoms with Crippen molar-refractivity contribution in [2.75, 3.05) is 0 Å². The maximum Gasteiger partial charge on any atom is 0.270 e. The highest BCUT2D eigenvalue weighted by molar-refractivity contribution is 9.10. The molecule has 0 aliphatic rings. The lowest BCUT2D eigenvalue weighted by Gasteiger charge is -2.08. The largest absolute Gasteiger partial charge is 0.348 e. The highest BCUT2D eigenvalue weighted by Gasteiger charge is 2.16. The van der Waals surface area contributed by atoms with E-state index in [1.807, 2.05) is 0 Å². The first kappa shape index (κ1) is 16.4. The Bertz CT molecular complexity index is 755. The summed E-state index contributed by atoms with van der Waals surface area (Å²) in [7, 11) is 0. The molecule has 0 saturated carbocycles. The third-order valence-corrected chi connectivity index (χ3v) is 3.96. The second-order valence-electron chi connectivity index (χ2n) is 4.34. The zero-order valence-corrected chi connectivity index (χ0v) is 13.3. The summed E-state index contributed by atoms with van der Waals surface area (Å²) >= 11 is 9.13. The molecule has 0 bridgehead atoms. The van der Waals surface area contributed by atoms with Crippen LogP contribution in [-0.2, 0) is 6.54 Å². The average Bonchev–Trinajstić information content (AvgIpc) is 2.48. The smallest absolute Gasteiger partial charge is 0.270 e. The van der Waals surface area contributed by atoms with Crippen LogP contribution in [0.1, 0.15) is 15.9 Å². The number of benzene rings is 2. The molecule has 1 N–H and O–H groups in total. The van der Waals surface area contributed by atoms with Gasteiger partial charge in [0.15, 0.2) is 0 Å². The van der Waals surface area contributed by atoms with Crippen LogP contribution in [0.2, 0.25) is 5.02 Å². The second kappa shape index (κ2) is 6.85. The molecular weight excluding hydrogens is 379 g/mol. The van der Waals surface area contributed by atoms with Crippen LogP contribution in [-0.4, -0.2) is 10.8 Å². The lowest BCUT2D eigenvalue weighted by Crippen LogP contribution is -2.23. The van der Waals surface area contributed by atoms with E-state index in [2.05, 4.69) is 21.2 Å². The van der Waals surface area contributed by atoms with E-state index < -0.39 is 16.6 Å². The van der Waals surface area contributed by atoms with E-state index in [1.165, 1.54) is 30.3 Å². The maximum atomic E-state index is 13.2. The summed E-state index contributed by atoms with van der Waals surface area (Å²) in [6, 6.07) is 7.68. The predicted molar refractivity (Wildman–Crippen MR) is 83.4 cm³/mol. The molecular formula is C14H9BrClFN2O3. The van der Waals surface area contributed by atoms with E-state index in [4.69, 9.17) is 11.6 Å². The maximum absolute atomic E-state index is 13.2. The molecule has 0 atom stereocenters. The molecule has 0 heterocycles. The van der Waals surface area contributed by atoms with Crippen LogP contribution in [0, 0.1) is 15.9 Å². The summed E-state index contributed by atoms with van der Waals surface area (Å²) in [6.45, 7) is 0.0518. The van der Waals surface area contributed by atoms with Crippen molar-refractivity contribution in [1.82, 2.24) is 5.32 Å². The van der Waals surface area contributed by atoms with E-state index in [-0.39, 0.29) is 22.8 Å². The molecule has 114 valence electrons. The first-order chi connectivity index (χ1) is 10.4. The molecule has 2 aromatic carbocycles. The van der Waals surface area contributed by atoms with Gasteiger partial charge in [0.1, 0.15) is 5.82 Å². The number of nitro groups is 1. The summed E-state index contributed by atoms with van der Waals surface area (Å²) in [4.78, 5) is 22.2. The van der Waals surface area contributed by atoms with E-state index in [9.17, 15) is 19.3 Å². The van der Waals surface area contributed by atoms with Crippen LogP contribution in [0.5, 0.6) is 0 Å². The molecule has 0 spiro atoms. The zero-order chi connectivity index (χ0) is 16.3. The monoisotopic (exact) mass is 386 g/mol. The number of carbonyl (C=O) groups is 1. The van der Waals surface area contributed by atoms with E-state index in [0.29, 0.717) is 10.0 Å². The SMILES string of the molecule is O=C(NCc1cc(F)ccc1Br)c1cc([N+](=O)[O-])ccc1Cl.